The van der Waals surface area contributed by atoms with Crippen LogP contribution in [0.15, 0.2) is 0 Å². The van der Waals surface area contributed by atoms with Gasteiger partial charge in [-0.1, -0.05) is 50.0 Å². The molecule has 136 valence electrons. The minimum atomic E-state index is -0.581. The Labute approximate surface area is 222 Å². The highest BCUT2D eigenvalue weighted by Gasteiger charge is 2.50. The smallest absolute Gasteiger partial charge is 0.0927 e. The van der Waals surface area contributed by atoms with Gasteiger partial charge in [0.05, 0.1) is 13.2 Å². The minimum Gasteiger partial charge on any atom is -0.317 e. The first-order chi connectivity index (χ1) is 15.6. The summed E-state index contributed by atoms with van der Waals surface area (Å²) in [5.41, 5.74) is 0. The molecule has 2 heterocycles. The Morgan fingerprint density at radius 3 is 1.21 bits per heavy atom. The average Bonchev–Trinajstić information content (AvgIpc) is 3.64. The van der Waals surface area contributed by atoms with E-state index in [9.17, 15) is 0 Å². The van der Waals surface area contributed by atoms with Crippen molar-refractivity contribution in [1.82, 2.24) is 5.32 Å². The van der Waals surface area contributed by atoms with Crippen molar-refractivity contribution in [3.63, 3.8) is 0 Å². The van der Waals surface area contributed by atoms with E-state index < -0.39 is 25.5 Å². The molecule has 21 heteroatoms. The van der Waals surface area contributed by atoms with Crippen LogP contribution in [0.2, 0.25) is 24.3 Å². The predicted octanol–water partition coefficient (Wildman–Crippen LogP) is -4.09. The van der Waals surface area contributed by atoms with Crippen LogP contribution in [0.1, 0.15) is 38.5 Å². The molecule has 2 aliphatic rings. The quantitative estimate of drug-likeness (QED) is 0.183. The van der Waals surface area contributed by atoms with E-state index >= 15 is 0 Å². The largest absolute Gasteiger partial charge is 0.317 e. The second-order valence-corrected chi connectivity index (χ2v) is 10.7. The Hall–Kier alpha value is 1.26. The molecular formula is C12H23B20N. The number of hydrogen-bond acceptors (Lipinski definition) is 1. The predicted molar refractivity (Wildman–Crippen MR) is 173 cm³/mol. The molecule has 2 atom stereocenters. The lowest BCUT2D eigenvalue weighted by atomic mass is 8.57. The summed E-state index contributed by atoms with van der Waals surface area (Å²) >= 11 is 0. The topological polar surface area (TPSA) is 12.0 Å². The highest BCUT2D eigenvalue weighted by Crippen LogP contribution is 2.44. The molecule has 2 saturated heterocycles. The second kappa shape index (κ2) is 14.9. The van der Waals surface area contributed by atoms with E-state index in [1.807, 2.05) is 0 Å². The molecule has 0 amide bonds. The Kier molecular flexibility index (Phi) is 13.7. The zero-order valence-corrected chi connectivity index (χ0v) is 20.3. The van der Waals surface area contributed by atoms with E-state index in [-0.39, 0.29) is 25.5 Å². The molecule has 2 aliphatic heterocycles. The van der Waals surface area contributed by atoms with Gasteiger partial charge in [0.1, 0.15) is 0 Å². The summed E-state index contributed by atoms with van der Waals surface area (Å²) < 4.78 is 0. The van der Waals surface area contributed by atoms with Gasteiger partial charge in [0, 0.05) is 128 Å². The molecule has 0 aromatic heterocycles. The normalized spacial score (nSPS) is 18.4. The van der Waals surface area contributed by atoms with Crippen molar-refractivity contribution in [2.24, 2.45) is 0 Å². The Morgan fingerprint density at radius 1 is 0.545 bits per heavy atom. The first-order valence-electron chi connectivity index (χ1n) is 12.8. The molecule has 0 aliphatic carbocycles. The Bertz CT molecular complexity index is 505. The van der Waals surface area contributed by atoms with E-state index in [0.717, 1.165) is 25.7 Å². The van der Waals surface area contributed by atoms with Gasteiger partial charge >= 0.3 is 0 Å². The van der Waals surface area contributed by atoms with Gasteiger partial charge in [-0.2, -0.15) is 0 Å². The van der Waals surface area contributed by atoms with Crippen LogP contribution in [-0.2, 0) is 0 Å². The maximum absolute atomic E-state index is 6.14. The van der Waals surface area contributed by atoms with Crippen LogP contribution in [0.4, 0.5) is 0 Å². The zero-order valence-electron chi connectivity index (χ0n) is 20.3. The van der Waals surface area contributed by atoms with Gasteiger partial charge in [0.25, 0.3) is 0 Å². The van der Waals surface area contributed by atoms with E-state index in [4.69, 9.17) is 77.4 Å². The van der Waals surface area contributed by atoms with E-state index in [1.54, 1.807) is 0 Å². The molecular weight excluding hydrogens is 374 g/mol. The third-order valence-corrected chi connectivity index (χ3v) is 7.97. The van der Waals surface area contributed by atoms with Crippen molar-refractivity contribution in [3.05, 3.63) is 0 Å². The summed E-state index contributed by atoms with van der Waals surface area (Å²) in [4.78, 5) is 0. The van der Waals surface area contributed by atoms with Crippen molar-refractivity contribution >= 4 is 142 Å². The Morgan fingerprint density at radius 2 is 0.909 bits per heavy atom. The summed E-state index contributed by atoms with van der Waals surface area (Å²) in [5.74, 6) is 1.29. The van der Waals surface area contributed by atoms with Crippen LogP contribution >= 0.6 is 0 Å². The molecule has 33 heavy (non-hydrogen) atoms. The summed E-state index contributed by atoms with van der Waals surface area (Å²) in [6.07, 6.45) is 6.56. The van der Waals surface area contributed by atoms with Crippen LogP contribution < -0.4 is 5.32 Å². The maximum atomic E-state index is 6.14. The molecule has 1 nitrogen and oxygen atoms in total. The minimum absolute atomic E-state index is 0.00200. The van der Waals surface area contributed by atoms with Crippen molar-refractivity contribution in [1.29, 1.82) is 0 Å². The van der Waals surface area contributed by atoms with Crippen LogP contribution in [-0.4, -0.2) is 155 Å². The zero-order chi connectivity index (χ0) is 24.7. The molecule has 2 fully saturated rings. The summed E-state index contributed by atoms with van der Waals surface area (Å²) in [6, 6.07) is 0. The molecule has 0 spiro atoms. The van der Waals surface area contributed by atoms with Crippen LogP contribution in [0, 0.1) is 0 Å². The first kappa shape index (κ1) is 30.5. The molecule has 20 radical (unpaired) electrons. The van der Waals surface area contributed by atoms with Gasteiger partial charge in [-0.3, -0.25) is 0 Å². The van der Waals surface area contributed by atoms with Crippen molar-refractivity contribution < 1.29 is 0 Å². The fraction of sp³-hybridized carbons (Fsp3) is 1.00. The third-order valence-electron chi connectivity index (χ3n) is 7.97. The van der Waals surface area contributed by atoms with Gasteiger partial charge in [0.2, 0.25) is 0 Å². The average molecular weight is 398 g/mol. The molecule has 0 bridgehead atoms. The lowest BCUT2D eigenvalue weighted by Crippen LogP contribution is -2.63. The van der Waals surface area contributed by atoms with Gasteiger partial charge in [-0.25, -0.2) is 0 Å². The van der Waals surface area contributed by atoms with Crippen LogP contribution in [0.3, 0.4) is 0 Å². The van der Waals surface area contributed by atoms with Crippen LogP contribution in [0.5, 0.6) is 0 Å². The summed E-state index contributed by atoms with van der Waals surface area (Å²) in [7, 11) is 59.1. The highest BCUT2D eigenvalue weighted by atomic mass is 14.8. The van der Waals surface area contributed by atoms with Gasteiger partial charge in [-0.05, 0) is 25.9 Å². The lowest BCUT2D eigenvalue weighted by Gasteiger charge is -2.25. The standard InChI is InChI=1S/C12H23B20N/c13-25(14)29(21)31(27(17)18)23-9-11(23)5-1-3-7-33-8-4-2-6-12-10-24(12)32(28(19)20)30(22)26(15)16/h11-12,33H,1-10H2. The van der Waals surface area contributed by atoms with Crippen molar-refractivity contribution in [2.45, 2.75) is 62.8 Å². The maximum Gasteiger partial charge on any atom is 0.0927 e. The molecule has 2 rings (SSSR count). The van der Waals surface area contributed by atoms with Gasteiger partial charge < -0.3 is 5.32 Å². The monoisotopic (exact) mass is 401 g/mol. The highest BCUT2D eigenvalue weighted by molar-refractivity contribution is 8.01. The SMILES string of the molecule is [B]B([B])B([B])B(B([B])[B])B1CC1CCCCNCCCCC1CB1B(B([B])[B])B([B])B([B])[B]. The first-order valence-corrected chi connectivity index (χ1v) is 12.8. The van der Waals surface area contributed by atoms with Crippen molar-refractivity contribution in [2.75, 3.05) is 13.1 Å². The molecule has 0 aromatic carbocycles. The number of nitrogens with one attached hydrogen (secondary N) is 1. The van der Waals surface area contributed by atoms with Gasteiger partial charge in [0.15, 0.2) is 0 Å². The molecule has 1 N–H and O–H groups in total. The van der Waals surface area contributed by atoms with Crippen LogP contribution in [0.25, 0.3) is 0 Å². The molecule has 0 saturated carbocycles. The third kappa shape index (κ3) is 9.91. The number of rotatable bonds is 18. The van der Waals surface area contributed by atoms with E-state index in [2.05, 4.69) is 5.32 Å². The van der Waals surface area contributed by atoms with E-state index in [0.29, 0.717) is 24.8 Å². The Balaban J connectivity index is 1.48. The van der Waals surface area contributed by atoms with Gasteiger partial charge in [-0.15, -0.1) is 0 Å². The van der Waals surface area contributed by atoms with E-state index in [1.165, 1.54) is 38.5 Å². The second-order valence-electron chi connectivity index (χ2n) is 10.7. The van der Waals surface area contributed by atoms with Crippen molar-refractivity contribution in [3.8, 4) is 0 Å². The lowest BCUT2D eigenvalue weighted by molar-refractivity contribution is 0.572. The summed E-state index contributed by atoms with van der Waals surface area (Å²) in [5, 5.41) is 3.56. The number of hydrogen-bond donors (Lipinski definition) is 1. The fourth-order valence-corrected chi connectivity index (χ4v) is 5.75. The summed E-state index contributed by atoms with van der Waals surface area (Å²) in [6.45, 7) is 3.00. The fourth-order valence-electron chi connectivity index (χ4n) is 5.75. The molecule has 2 unspecified atom stereocenters. The molecule has 0 aromatic rings. The number of unbranched alkanes of at least 4 members (excludes halogenated alkanes) is 2.